The van der Waals surface area contributed by atoms with Crippen LogP contribution in [0.1, 0.15) is 51.0 Å². The van der Waals surface area contributed by atoms with Crippen LogP contribution < -0.4 is 14.2 Å². The molecule has 4 nitrogen and oxygen atoms in total. The second-order valence-corrected chi connectivity index (χ2v) is 8.22. The average molecular weight is 425 g/mol. The summed E-state index contributed by atoms with van der Waals surface area (Å²) < 4.78 is 17.4. The van der Waals surface area contributed by atoms with E-state index in [1.54, 1.807) is 21.3 Å². The van der Waals surface area contributed by atoms with Gasteiger partial charge in [-0.3, -0.25) is 4.79 Å². The van der Waals surface area contributed by atoms with E-state index in [2.05, 4.69) is 22.5 Å². The number of rotatable bonds is 7. The van der Waals surface area contributed by atoms with E-state index >= 15 is 0 Å². The lowest BCUT2D eigenvalue weighted by Gasteiger charge is -2.38. The van der Waals surface area contributed by atoms with Crippen LogP contribution in [0.3, 0.4) is 0 Å². The summed E-state index contributed by atoms with van der Waals surface area (Å²) in [7, 11) is 4.83. The van der Waals surface area contributed by atoms with Crippen LogP contribution in [-0.2, 0) is 4.79 Å². The Morgan fingerprint density at radius 3 is 2.46 bits per heavy atom. The first-order valence-electron chi connectivity index (χ1n) is 8.95. The normalized spacial score (nSPS) is 20.4. The largest absolute Gasteiger partial charge is 0.495 e. The van der Waals surface area contributed by atoms with Gasteiger partial charge >= 0.3 is 0 Å². The van der Waals surface area contributed by atoms with Crippen LogP contribution in [0.25, 0.3) is 0 Å². The third kappa shape index (κ3) is 3.78. The van der Waals surface area contributed by atoms with Crippen LogP contribution in [0.5, 0.6) is 17.2 Å². The van der Waals surface area contributed by atoms with E-state index in [1.807, 2.05) is 26.0 Å². The number of ether oxygens (including phenoxy) is 3. The van der Waals surface area contributed by atoms with Gasteiger partial charge in [-0.05, 0) is 41.3 Å². The minimum Gasteiger partial charge on any atom is -0.495 e. The van der Waals surface area contributed by atoms with Crippen molar-refractivity contribution in [2.45, 2.75) is 45.4 Å². The van der Waals surface area contributed by atoms with Gasteiger partial charge in [-0.25, -0.2) is 0 Å². The molecule has 26 heavy (non-hydrogen) atoms. The van der Waals surface area contributed by atoms with Gasteiger partial charge in [0, 0.05) is 22.8 Å². The molecule has 1 aliphatic carbocycles. The van der Waals surface area contributed by atoms with E-state index in [9.17, 15) is 4.79 Å². The van der Waals surface area contributed by atoms with Crippen molar-refractivity contribution in [1.29, 1.82) is 0 Å². The van der Waals surface area contributed by atoms with Crippen LogP contribution in [0.2, 0.25) is 0 Å². The summed E-state index contributed by atoms with van der Waals surface area (Å²) in [6, 6.07) is 1.94. The molecule has 2 rings (SSSR count). The zero-order valence-electron chi connectivity index (χ0n) is 16.4. The van der Waals surface area contributed by atoms with Crippen LogP contribution in [0.4, 0.5) is 0 Å². The fraction of sp³-hybridized carbons (Fsp3) is 0.571. The SMILES string of the molecule is C=CC[C@H](c1cc(OC)c(OC)c(Br)c1OC)[C@H]1CCCC(C)(C)C1=O. The summed E-state index contributed by atoms with van der Waals surface area (Å²) in [4.78, 5) is 13.2. The van der Waals surface area contributed by atoms with Crippen molar-refractivity contribution in [2.24, 2.45) is 11.3 Å². The molecule has 144 valence electrons. The maximum absolute atomic E-state index is 13.2. The van der Waals surface area contributed by atoms with Crippen LogP contribution in [-0.4, -0.2) is 27.1 Å². The topological polar surface area (TPSA) is 44.8 Å². The third-order valence-corrected chi connectivity index (χ3v) is 6.15. The molecule has 0 radical (unpaired) electrons. The highest BCUT2D eigenvalue weighted by Crippen LogP contribution is 2.51. The second kappa shape index (κ2) is 8.47. The molecule has 0 aliphatic heterocycles. The quantitative estimate of drug-likeness (QED) is 0.539. The molecular weight excluding hydrogens is 396 g/mol. The lowest BCUT2D eigenvalue weighted by atomic mass is 9.65. The number of halogens is 1. The number of hydrogen-bond acceptors (Lipinski definition) is 4. The monoisotopic (exact) mass is 424 g/mol. The molecule has 0 aromatic heterocycles. The Kier molecular flexibility index (Phi) is 6.78. The van der Waals surface area contributed by atoms with Crippen LogP contribution in [0, 0.1) is 11.3 Å². The van der Waals surface area contributed by atoms with E-state index in [1.165, 1.54) is 0 Å². The zero-order valence-corrected chi connectivity index (χ0v) is 17.9. The van der Waals surface area contributed by atoms with Gasteiger partial charge in [0.2, 0.25) is 0 Å². The van der Waals surface area contributed by atoms with Crippen molar-refractivity contribution in [3.63, 3.8) is 0 Å². The van der Waals surface area contributed by atoms with Gasteiger partial charge in [-0.2, -0.15) is 0 Å². The van der Waals surface area contributed by atoms with E-state index in [-0.39, 0.29) is 17.3 Å². The van der Waals surface area contributed by atoms with Crippen molar-refractivity contribution < 1.29 is 19.0 Å². The molecule has 1 aromatic carbocycles. The van der Waals surface area contributed by atoms with Gasteiger partial charge in [-0.1, -0.05) is 26.3 Å². The molecule has 1 aliphatic rings. The highest BCUT2D eigenvalue weighted by atomic mass is 79.9. The molecule has 0 N–H and O–H groups in total. The first-order valence-corrected chi connectivity index (χ1v) is 9.75. The fourth-order valence-electron chi connectivity index (χ4n) is 4.03. The molecule has 1 fully saturated rings. The summed E-state index contributed by atoms with van der Waals surface area (Å²) >= 11 is 3.58. The maximum atomic E-state index is 13.2. The Balaban J connectivity index is 2.61. The first kappa shape index (κ1) is 20.8. The molecule has 2 atom stereocenters. The summed E-state index contributed by atoms with van der Waals surface area (Å²) in [5, 5.41) is 0. The smallest absolute Gasteiger partial charge is 0.178 e. The lowest BCUT2D eigenvalue weighted by molar-refractivity contribution is -0.135. The molecule has 0 amide bonds. The Bertz CT molecular complexity index is 681. The molecule has 5 heteroatoms. The predicted octanol–water partition coefficient (Wildman–Crippen LogP) is 5.53. The Hall–Kier alpha value is -1.49. The second-order valence-electron chi connectivity index (χ2n) is 7.43. The van der Waals surface area contributed by atoms with Crippen molar-refractivity contribution >= 4 is 21.7 Å². The standard InChI is InChI=1S/C21H29BrO4/c1-7-9-13(14-10-8-11-21(2,3)20(14)23)15-12-16(24-4)19(26-6)17(22)18(15)25-5/h7,12-14H,1,8-11H2,2-6H3/t13-,14+/m0/s1. The molecule has 0 heterocycles. The molecular formula is C21H29BrO4. The molecule has 0 bridgehead atoms. The summed E-state index contributed by atoms with van der Waals surface area (Å²) in [5.74, 6) is 2.14. The van der Waals surface area contributed by atoms with Gasteiger partial charge in [0.05, 0.1) is 21.3 Å². The molecule has 1 saturated carbocycles. The summed E-state index contributed by atoms with van der Waals surface area (Å²) in [6.45, 7) is 8.02. The maximum Gasteiger partial charge on any atom is 0.178 e. The number of Topliss-reactive ketones (excluding diaryl/α,β-unsaturated/α-hetero) is 1. The minimum absolute atomic E-state index is 0.00867. The van der Waals surface area contributed by atoms with Gasteiger partial charge in [0.15, 0.2) is 11.5 Å². The van der Waals surface area contributed by atoms with Gasteiger partial charge in [0.25, 0.3) is 0 Å². The van der Waals surface area contributed by atoms with Crippen LogP contribution in [0.15, 0.2) is 23.2 Å². The van der Waals surface area contributed by atoms with E-state index in [0.29, 0.717) is 33.9 Å². The highest BCUT2D eigenvalue weighted by molar-refractivity contribution is 9.10. The van der Waals surface area contributed by atoms with E-state index in [0.717, 1.165) is 24.8 Å². The van der Waals surface area contributed by atoms with Gasteiger partial charge in [-0.15, -0.1) is 6.58 Å². The number of hydrogen-bond donors (Lipinski definition) is 0. The molecule has 0 unspecified atom stereocenters. The number of carbonyl (C=O) groups is 1. The number of carbonyl (C=O) groups excluding carboxylic acids is 1. The highest BCUT2D eigenvalue weighted by Gasteiger charge is 2.42. The third-order valence-electron chi connectivity index (χ3n) is 5.43. The molecule has 0 saturated heterocycles. The number of ketones is 1. The number of benzene rings is 1. The summed E-state index contributed by atoms with van der Waals surface area (Å²) in [5.41, 5.74) is 0.663. The van der Waals surface area contributed by atoms with E-state index < -0.39 is 0 Å². The predicted molar refractivity (Wildman–Crippen MR) is 107 cm³/mol. The minimum atomic E-state index is -0.288. The van der Waals surface area contributed by atoms with Crippen molar-refractivity contribution in [3.8, 4) is 17.2 Å². The molecule has 0 spiro atoms. The van der Waals surface area contributed by atoms with Gasteiger partial charge < -0.3 is 14.2 Å². The molecule has 1 aromatic rings. The van der Waals surface area contributed by atoms with E-state index in [4.69, 9.17) is 14.2 Å². The lowest BCUT2D eigenvalue weighted by Crippen LogP contribution is -2.38. The van der Waals surface area contributed by atoms with Crippen molar-refractivity contribution in [1.82, 2.24) is 0 Å². The van der Waals surface area contributed by atoms with Crippen molar-refractivity contribution in [2.75, 3.05) is 21.3 Å². The fourth-order valence-corrected chi connectivity index (χ4v) is 4.77. The zero-order chi connectivity index (χ0) is 19.5. The van der Waals surface area contributed by atoms with Crippen LogP contribution >= 0.6 is 15.9 Å². The summed E-state index contributed by atoms with van der Waals surface area (Å²) in [6.07, 6.45) is 5.45. The Morgan fingerprint density at radius 1 is 1.27 bits per heavy atom. The first-order chi connectivity index (χ1) is 12.3. The average Bonchev–Trinajstić information content (AvgIpc) is 2.61. The Morgan fingerprint density at radius 2 is 1.92 bits per heavy atom. The number of methoxy groups -OCH3 is 3. The van der Waals surface area contributed by atoms with Crippen molar-refractivity contribution in [3.05, 3.63) is 28.8 Å². The number of allylic oxidation sites excluding steroid dienone is 1. The Labute approximate surface area is 165 Å². The van der Waals surface area contributed by atoms with Gasteiger partial charge in [0.1, 0.15) is 16.0 Å².